The van der Waals surface area contributed by atoms with Crippen molar-refractivity contribution in [2.75, 3.05) is 18.4 Å². The van der Waals surface area contributed by atoms with Crippen molar-refractivity contribution in [2.24, 2.45) is 11.8 Å². The molecule has 1 saturated heterocycles. The molecule has 3 heterocycles. The SMILES string of the molecule is CC(=O)N1C[C@@H]2Cc3nnc(C(=O)Nc4ccccc4)n3C[C@@H]2C1. The third-order valence-electron chi connectivity index (χ3n) is 4.95. The van der Waals surface area contributed by atoms with Crippen LogP contribution in [0.5, 0.6) is 0 Å². The Morgan fingerprint density at radius 2 is 1.83 bits per heavy atom. The Bertz CT molecular complexity index is 786. The molecule has 2 atom stereocenters. The molecule has 1 aromatic carbocycles. The van der Waals surface area contributed by atoms with Crippen LogP contribution in [0, 0.1) is 11.8 Å². The van der Waals surface area contributed by atoms with Gasteiger partial charge < -0.3 is 14.8 Å². The average Bonchev–Trinajstić information content (AvgIpc) is 3.16. The van der Waals surface area contributed by atoms with Gasteiger partial charge in [-0.05, 0) is 24.0 Å². The van der Waals surface area contributed by atoms with Crippen LogP contribution in [0.25, 0.3) is 0 Å². The number of rotatable bonds is 2. The van der Waals surface area contributed by atoms with Gasteiger partial charge in [-0.3, -0.25) is 9.59 Å². The number of hydrogen-bond acceptors (Lipinski definition) is 4. The average molecular weight is 325 g/mol. The smallest absolute Gasteiger partial charge is 0.293 e. The number of likely N-dealkylation sites (tertiary alicyclic amines) is 1. The maximum atomic E-state index is 12.5. The molecule has 0 unspecified atom stereocenters. The van der Waals surface area contributed by atoms with E-state index in [4.69, 9.17) is 0 Å². The van der Waals surface area contributed by atoms with Crippen LogP contribution in [0.15, 0.2) is 30.3 Å². The summed E-state index contributed by atoms with van der Waals surface area (Å²) in [7, 11) is 0. The first-order valence-corrected chi connectivity index (χ1v) is 8.16. The fourth-order valence-electron chi connectivity index (χ4n) is 3.66. The van der Waals surface area contributed by atoms with Crippen molar-refractivity contribution in [1.82, 2.24) is 19.7 Å². The Hall–Kier alpha value is -2.70. The summed E-state index contributed by atoms with van der Waals surface area (Å²) in [6, 6.07) is 9.31. The molecule has 0 aliphatic carbocycles. The summed E-state index contributed by atoms with van der Waals surface area (Å²) in [6.45, 7) is 3.82. The highest BCUT2D eigenvalue weighted by atomic mass is 16.2. The minimum absolute atomic E-state index is 0.113. The van der Waals surface area contributed by atoms with Crippen LogP contribution in [-0.2, 0) is 17.8 Å². The van der Waals surface area contributed by atoms with Crippen LogP contribution in [0.1, 0.15) is 23.4 Å². The predicted molar refractivity (Wildman–Crippen MR) is 87.4 cm³/mol. The second kappa shape index (κ2) is 5.74. The first-order valence-electron chi connectivity index (χ1n) is 8.16. The third kappa shape index (κ3) is 2.55. The molecular weight excluding hydrogens is 306 g/mol. The molecule has 1 aromatic heterocycles. The van der Waals surface area contributed by atoms with Crippen molar-refractivity contribution in [3.05, 3.63) is 42.0 Å². The molecule has 0 spiro atoms. The largest absolute Gasteiger partial charge is 0.342 e. The van der Waals surface area contributed by atoms with Gasteiger partial charge in [-0.1, -0.05) is 18.2 Å². The van der Waals surface area contributed by atoms with E-state index in [1.54, 1.807) is 6.92 Å². The van der Waals surface area contributed by atoms with Crippen LogP contribution < -0.4 is 5.32 Å². The summed E-state index contributed by atoms with van der Waals surface area (Å²) in [5.74, 6) is 1.81. The zero-order valence-corrected chi connectivity index (χ0v) is 13.5. The fourth-order valence-corrected chi connectivity index (χ4v) is 3.66. The molecule has 124 valence electrons. The fraction of sp³-hybridized carbons (Fsp3) is 0.412. The highest BCUT2D eigenvalue weighted by molar-refractivity contribution is 6.01. The number of carbonyl (C=O) groups is 2. The lowest BCUT2D eigenvalue weighted by Gasteiger charge is -2.25. The molecule has 4 rings (SSSR count). The molecule has 0 saturated carbocycles. The van der Waals surface area contributed by atoms with E-state index in [0.717, 1.165) is 31.0 Å². The zero-order valence-electron chi connectivity index (χ0n) is 13.5. The van der Waals surface area contributed by atoms with Gasteiger partial charge in [0.05, 0.1) is 0 Å². The Labute approximate surface area is 139 Å². The maximum Gasteiger partial charge on any atom is 0.293 e. The molecule has 1 N–H and O–H groups in total. The van der Waals surface area contributed by atoms with Crippen LogP contribution >= 0.6 is 0 Å². The van der Waals surface area contributed by atoms with E-state index in [-0.39, 0.29) is 11.8 Å². The van der Waals surface area contributed by atoms with E-state index in [2.05, 4.69) is 15.5 Å². The minimum atomic E-state index is -0.250. The molecule has 2 aliphatic heterocycles. The molecule has 24 heavy (non-hydrogen) atoms. The van der Waals surface area contributed by atoms with Crippen LogP contribution in [-0.4, -0.2) is 44.6 Å². The van der Waals surface area contributed by atoms with Gasteiger partial charge in [0.2, 0.25) is 11.7 Å². The molecule has 0 radical (unpaired) electrons. The van der Waals surface area contributed by atoms with Crippen molar-refractivity contribution in [3.8, 4) is 0 Å². The number of hydrogen-bond donors (Lipinski definition) is 1. The maximum absolute atomic E-state index is 12.5. The van der Waals surface area contributed by atoms with Crippen molar-refractivity contribution in [1.29, 1.82) is 0 Å². The van der Waals surface area contributed by atoms with Crippen molar-refractivity contribution in [2.45, 2.75) is 19.9 Å². The highest BCUT2D eigenvalue weighted by Gasteiger charge is 2.39. The van der Waals surface area contributed by atoms with Crippen molar-refractivity contribution >= 4 is 17.5 Å². The summed E-state index contributed by atoms with van der Waals surface area (Å²) in [4.78, 5) is 26.0. The monoisotopic (exact) mass is 325 g/mol. The second-order valence-electron chi connectivity index (χ2n) is 6.52. The van der Waals surface area contributed by atoms with E-state index < -0.39 is 0 Å². The lowest BCUT2D eigenvalue weighted by molar-refractivity contribution is -0.128. The summed E-state index contributed by atoms with van der Waals surface area (Å²) in [5.41, 5.74) is 0.733. The van der Waals surface area contributed by atoms with Crippen LogP contribution in [0.2, 0.25) is 0 Å². The van der Waals surface area contributed by atoms with E-state index in [1.807, 2.05) is 39.8 Å². The summed E-state index contributed by atoms with van der Waals surface area (Å²) in [5, 5.41) is 11.1. The number of nitrogens with one attached hydrogen (secondary N) is 1. The molecule has 7 heteroatoms. The topological polar surface area (TPSA) is 80.1 Å². The predicted octanol–water partition coefficient (Wildman–Crippen LogP) is 1.18. The first kappa shape index (κ1) is 14.9. The quantitative estimate of drug-likeness (QED) is 0.899. The Balaban J connectivity index is 1.53. The Morgan fingerprint density at radius 3 is 2.58 bits per heavy atom. The number of carbonyl (C=O) groups excluding carboxylic acids is 2. The Kier molecular flexibility index (Phi) is 3.55. The van der Waals surface area contributed by atoms with Gasteiger partial charge in [0.15, 0.2) is 0 Å². The second-order valence-corrected chi connectivity index (χ2v) is 6.52. The number of aromatic nitrogens is 3. The van der Waals surface area contributed by atoms with Gasteiger partial charge in [-0.2, -0.15) is 0 Å². The molecule has 2 aliphatic rings. The third-order valence-corrected chi connectivity index (χ3v) is 4.95. The summed E-state index contributed by atoms with van der Waals surface area (Å²) >= 11 is 0. The van der Waals surface area contributed by atoms with E-state index >= 15 is 0 Å². The number of fused-ring (bicyclic) bond motifs is 2. The molecule has 1 fully saturated rings. The number of amides is 2. The van der Waals surface area contributed by atoms with Gasteiger partial charge in [-0.25, -0.2) is 0 Å². The number of anilines is 1. The molecule has 2 amide bonds. The molecule has 7 nitrogen and oxygen atoms in total. The van der Waals surface area contributed by atoms with E-state index in [1.165, 1.54) is 0 Å². The lowest BCUT2D eigenvalue weighted by Crippen LogP contribution is -2.31. The van der Waals surface area contributed by atoms with Gasteiger partial charge in [-0.15, -0.1) is 10.2 Å². The van der Waals surface area contributed by atoms with Gasteiger partial charge >= 0.3 is 0 Å². The highest BCUT2D eigenvalue weighted by Crippen LogP contribution is 2.32. The minimum Gasteiger partial charge on any atom is -0.342 e. The standard InChI is InChI=1S/C17H19N5O2/c1-11(23)21-8-12-7-15-19-20-16(22(15)10-13(12)9-21)17(24)18-14-5-3-2-4-6-14/h2-6,12-13H,7-10H2,1H3,(H,18,24)/t12-,13-/m0/s1. The zero-order chi connectivity index (χ0) is 16.7. The number of nitrogens with zero attached hydrogens (tertiary/aromatic N) is 4. The Morgan fingerprint density at radius 1 is 1.08 bits per heavy atom. The normalized spacial score (nSPS) is 22.0. The molecule has 2 aromatic rings. The number of benzene rings is 1. The first-order chi connectivity index (χ1) is 11.6. The van der Waals surface area contributed by atoms with E-state index in [9.17, 15) is 9.59 Å². The lowest BCUT2D eigenvalue weighted by atomic mass is 9.89. The number of para-hydroxylation sites is 1. The van der Waals surface area contributed by atoms with Gasteiger partial charge in [0.25, 0.3) is 5.91 Å². The molecular formula is C17H19N5O2. The van der Waals surface area contributed by atoms with Gasteiger partial charge in [0, 0.05) is 38.7 Å². The summed E-state index contributed by atoms with van der Waals surface area (Å²) < 4.78 is 1.91. The van der Waals surface area contributed by atoms with Crippen LogP contribution in [0.4, 0.5) is 5.69 Å². The summed E-state index contributed by atoms with van der Waals surface area (Å²) in [6.07, 6.45) is 0.764. The van der Waals surface area contributed by atoms with Crippen molar-refractivity contribution in [3.63, 3.8) is 0 Å². The van der Waals surface area contributed by atoms with E-state index in [0.29, 0.717) is 24.2 Å². The molecule has 0 bridgehead atoms. The van der Waals surface area contributed by atoms with Crippen LogP contribution in [0.3, 0.4) is 0 Å². The van der Waals surface area contributed by atoms with Crippen molar-refractivity contribution < 1.29 is 9.59 Å². The van der Waals surface area contributed by atoms with Gasteiger partial charge in [0.1, 0.15) is 5.82 Å².